The van der Waals surface area contributed by atoms with Crippen molar-refractivity contribution in [2.45, 2.75) is 39.9 Å². The topological polar surface area (TPSA) is 47.7 Å². The number of alkyl halides is 3. The summed E-state index contributed by atoms with van der Waals surface area (Å²) in [5, 5.41) is 11.2. The second kappa shape index (κ2) is 6.64. The van der Waals surface area contributed by atoms with Gasteiger partial charge in [-0.2, -0.15) is 10.2 Å². The van der Waals surface area contributed by atoms with Crippen LogP contribution in [0.5, 0.6) is 0 Å². The van der Waals surface area contributed by atoms with Crippen molar-refractivity contribution >= 4 is 5.69 Å². The van der Waals surface area contributed by atoms with Gasteiger partial charge in [0.1, 0.15) is 13.2 Å². The van der Waals surface area contributed by atoms with Gasteiger partial charge in [-0.25, -0.2) is 13.2 Å². The minimum Gasteiger partial charge on any atom is -0.378 e. The summed E-state index contributed by atoms with van der Waals surface area (Å²) in [6.45, 7) is 3.40. The first-order valence-corrected chi connectivity index (χ1v) is 6.64. The summed E-state index contributed by atoms with van der Waals surface area (Å²) in [6.07, 6.45) is 0.779. The zero-order chi connectivity index (χ0) is 15.4. The molecule has 0 amide bonds. The van der Waals surface area contributed by atoms with Crippen molar-refractivity contribution in [1.29, 1.82) is 0 Å². The molecular formula is C13H18F3N5. The molecule has 2 aromatic heterocycles. The third-order valence-electron chi connectivity index (χ3n) is 3.38. The Morgan fingerprint density at radius 1 is 1.14 bits per heavy atom. The Kier molecular flexibility index (Phi) is 4.87. The highest BCUT2D eigenvalue weighted by atomic mass is 19.3. The van der Waals surface area contributed by atoms with Crippen LogP contribution in [0.3, 0.4) is 0 Å². The zero-order valence-electron chi connectivity index (χ0n) is 12.0. The SMILES string of the molecule is Cc1c(CNc2cnn(CCF)c2C)cnn1CC(F)F. The van der Waals surface area contributed by atoms with Crippen molar-refractivity contribution in [3.8, 4) is 0 Å². The molecule has 2 rings (SSSR count). The molecule has 0 aliphatic rings. The average molecular weight is 301 g/mol. The van der Waals surface area contributed by atoms with Crippen LogP contribution in [0.25, 0.3) is 0 Å². The highest BCUT2D eigenvalue weighted by Crippen LogP contribution is 2.16. The molecule has 116 valence electrons. The summed E-state index contributed by atoms with van der Waals surface area (Å²) in [6, 6.07) is 0. The minimum absolute atomic E-state index is 0.221. The van der Waals surface area contributed by atoms with E-state index < -0.39 is 19.6 Å². The standard InChI is InChI=1S/C13H18F3N5/c1-9-11(6-18-21(9)8-13(15)16)5-17-12-7-19-20(4-3-14)10(12)2/h6-7,13,17H,3-5,8H2,1-2H3. The molecule has 2 aromatic rings. The molecule has 0 bridgehead atoms. The molecule has 1 N–H and O–H groups in total. The smallest absolute Gasteiger partial charge is 0.257 e. The molecule has 0 aromatic carbocycles. The van der Waals surface area contributed by atoms with E-state index in [-0.39, 0.29) is 6.54 Å². The Hall–Kier alpha value is -1.99. The Balaban J connectivity index is 2.02. The van der Waals surface area contributed by atoms with Gasteiger partial charge in [0, 0.05) is 17.8 Å². The van der Waals surface area contributed by atoms with Gasteiger partial charge in [-0.05, 0) is 13.8 Å². The third-order valence-corrected chi connectivity index (χ3v) is 3.38. The number of aromatic nitrogens is 4. The second-order valence-corrected chi connectivity index (χ2v) is 4.74. The van der Waals surface area contributed by atoms with Gasteiger partial charge in [0.05, 0.1) is 30.3 Å². The van der Waals surface area contributed by atoms with Crippen molar-refractivity contribution in [2.24, 2.45) is 0 Å². The summed E-state index contributed by atoms with van der Waals surface area (Å²) < 4.78 is 39.9. The first-order chi connectivity index (χ1) is 10.0. The molecule has 0 unspecified atom stereocenters. The maximum Gasteiger partial charge on any atom is 0.257 e. The number of aryl methyl sites for hydroxylation is 1. The summed E-state index contributed by atoms with van der Waals surface area (Å²) >= 11 is 0. The van der Waals surface area contributed by atoms with Gasteiger partial charge < -0.3 is 5.32 Å². The molecule has 2 heterocycles. The largest absolute Gasteiger partial charge is 0.378 e. The predicted molar refractivity (Wildman–Crippen MR) is 73.2 cm³/mol. The van der Waals surface area contributed by atoms with E-state index in [9.17, 15) is 13.2 Å². The van der Waals surface area contributed by atoms with Gasteiger partial charge in [-0.15, -0.1) is 0 Å². The van der Waals surface area contributed by atoms with E-state index in [2.05, 4.69) is 15.5 Å². The maximum absolute atomic E-state index is 12.4. The van der Waals surface area contributed by atoms with E-state index >= 15 is 0 Å². The van der Waals surface area contributed by atoms with Crippen LogP contribution < -0.4 is 5.32 Å². The molecular weight excluding hydrogens is 283 g/mol. The molecule has 0 aliphatic carbocycles. The minimum atomic E-state index is -2.43. The van der Waals surface area contributed by atoms with Crippen LogP contribution >= 0.6 is 0 Å². The number of anilines is 1. The van der Waals surface area contributed by atoms with Crippen molar-refractivity contribution in [1.82, 2.24) is 19.6 Å². The summed E-state index contributed by atoms with van der Waals surface area (Å²) in [4.78, 5) is 0. The molecule has 8 heteroatoms. The summed E-state index contributed by atoms with van der Waals surface area (Å²) in [5.41, 5.74) is 3.18. The van der Waals surface area contributed by atoms with Gasteiger partial charge in [0.15, 0.2) is 0 Å². The molecule has 0 radical (unpaired) electrons. The van der Waals surface area contributed by atoms with E-state index in [1.807, 2.05) is 6.92 Å². The van der Waals surface area contributed by atoms with Crippen molar-refractivity contribution < 1.29 is 13.2 Å². The van der Waals surface area contributed by atoms with Gasteiger partial charge in [0.25, 0.3) is 6.43 Å². The van der Waals surface area contributed by atoms with Gasteiger partial charge >= 0.3 is 0 Å². The van der Waals surface area contributed by atoms with Gasteiger partial charge in [-0.3, -0.25) is 9.36 Å². The van der Waals surface area contributed by atoms with Crippen LogP contribution in [0, 0.1) is 13.8 Å². The lowest BCUT2D eigenvalue weighted by molar-refractivity contribution is 0.121. The third kappa shape index (κ3) is 3.56. The van der Waals surface area contributed by atoms with Crippen LogP contribution in [-0.2, 0) is 19.6 Å². The van der Waals surface area contributed by atoms with Gasteiger partial charge in [0.2, 0.25) is 0 Å². The molecule has 0 saturated carbocycles. The molecule has 5 nitrogen and oxygen atoms in total. The number of nitrogens with zero attached hydrogens (tertiary/aromatic N) is 4. The van der Waals surface area contributed by atoms with Gasteiger partial charge in [-0.1, -0.05) is 0 Å². The predicted octanol–water partition coefficient (Wildman–Crippen LogP) is 2.54. The number of hydrogen-bond acceptors (Lipinski definition) is 3. The Bertz CT molecular complexity index is 591. The summed E-state index contributed by atoms with van der Waals surface area (Å²) in [7, 11) is 0. The molecule has 0 saturated heterocycles. The molecule has 0 spiro atoms. The molecule has 21 heavy (non-hydrogen) atoms. The van der Waals surface area contributed by atoms with Crippen LogP contribution in [-0.4, -0.2) is 32.7 Å². The van der Waals surface area contributed by atoms with Crippen molar-refractivity contribution in [3.63, 3.8) is 0 Å². The van der Waals surface area contributed by atoms with Crippen molar-refractivity contribution in [3.05, 3.63) is 29.3 Å². The fraction of sp³-hybridized carbons (Fsp3) is 0.538. The highest BCUT2D eigenvalue weighted by molar-refractivity contribution is 5.46. The fourth-order valence-corrected chi connectivity index (χ4v) is 2.09. The normalized spacial score (nSPS) is 11.3. The van der Waals surface area contributed by atoms with E-state index in [1.54, 1.807) is 24.0 Å². The maximum atomic E-state index is 12.4. The van der Waals surface area contributed by atoms with Crippen LogP contribution in [0.4, 0.5) is 18.9 Å². The van der Waals surface area contributed by atoms with Crippen molar-refractivity contribution in [2.75, 3.05) is 12.0 Å². The number of nitrogens with one attached hydrogen (secondary N) is 1. The number of halogens is 3. The number of hydrogen-bond donors (Lipinski definition) is 1. The zero-order valence-corrected chi connectivity index (χ0v) is 12.0. The second-order valence-electron chi connectivity index (χ2n) is 4.74. The first kappa shape index (κ1) is 15.4. The lowest BCUT2D eigenvalue weighted by Crippen LogP contribution is -2.10. The fourth-order valence-electron chi connectivity index (χ4n) is 2.09. The highest BCUT2D eigenvalue weighted by Gasteiger charge is 2.12. The Morgan fingerprint density at radius 3 is 2.52 bits per heavy atom. The quantitative estimate of drug-likeness (QED) is 0.855. The lowest BCUT2D eigenvalue weighted by Gasteiger charge is -2.07. The van der Waals surface area contributed by atoms with E-state index in [0.29, 0.717) is 12.2 Å². The number of rotatable bonds is 7. The molecule has 0 atom stereocenters. The van der Waals surface area contributed by atoms with Crippen LogP contribution in [0.15, 0.2) is 12.4 Å². The van der Waals surface area contributed by atoms with E-state index in [1.165, 1.54) is 4.68 Å². The molecule has 0 fully saturated rings. The summed E-state index contributed by atoms with van der Waals surface area (Å²) in [5.74, 6) is 0. The van der Waals surface area contributed by atoms with Crippen LogP contribution in [0.1, 0.15) is 17.0 Å². The molecule has 0 aliphatic heterocycles. The average Bonchev–Trinajstić information content (AvgIpc) is 2.94. The monoisotopic (exact) mass is 301 g/mol. The Morgan fingerprint density at radius 2 is 1.86 bits per heavy atom. The Labute approximate surface area is 120 Å². The first-order valence-electron chi connectivity index (χ1n) is 6.64. The lowest BCUT2D eigenvalue weighted by atomic mass is 10.2. The van der Waals surface area contributed by atoms with Crippen LogP contribution in [0.2, 0.25) is 0 Å². The van der Waals surface area contributed by atoms with E-state index in [4.69, 9.17) is 0 Å². The van der Waals surface area contributed by atoms with E-state index in [0.717, 1.165) is 16.9 Å².